The number of sulfonamides is 1. The number of methoxy groups -OCH3 is 2. The van der Waals surface area contributed by atoms with Gasteiger partial charge in [-0.05, 0) is 192 Å². The minimum Gasteiger partial charge on any atom is -0.481 e. The van der Waals surface area contributed by atoms with E-state index in [9.17, 15) is 23.1 Å². The lowest BCUT2D eigenvalue weighted by atomic mass is 9.34. The van der Waals surface area contributed by atoms with E-state index in [1.165, 1.54) is 5.57 Å². The van der Waals surface area contributed by atoms with Gasteiger partial charge < -0.3 is 44.0 Å². The minimum absolute atomic E-state index is 0.0329. The highest BCUT2D eigenvalue weighted by Crippen LogP contribution is 2.78. The van der Waals surface area contributed by atoms with Gasteiger partial charge in [-0.1, -0.05) is 210 Å². The van der Waals surface area contributed by atoms with Crippen LogP contribution < -0.4 is 10.5 Å². The highest BCUT2D eigenvalue weighted by Gasteiger charge is 2.75. The van der Waals surface area contributed by atoms with Crippen LogP contribution in [0.2, 0.25) is 0 Å². The molecule has 578 valence electrons. The average Bonchev–Trinajstić information content (AvgIpc) is 0.676. The van der Waals surface area contributed by atoms with E-state index in [0.717, 1.165) is 94.8 Å². The molecule has 0 amide bonds. The summed E-state index contributed by atoms with van der Waals surface area (Å²) in [7, 11) is -0.142. The summed E-state index contributed by atoms with van der Waals surface area (Å²) in [5.41, 5.74) is 9.10. The number of carbonyl (C=O) groups is 2. The van der Waals surface area contributed by atoms with E-state index in [4.69, 9.17) is 38.9 Å². The second kappa shape index (κ2) is 28.4. The molecule has 103 heavy (non-hydrogen) atoms. The molecule has 2 aromatic rings. The first-order chi connectivity index (χ1) is 47.9. The number of aryl methyl sites for hydroxylation is 1. The number of nitrogens with two attached hydrogens (primary N) is 1. The summed E-state index contributed by atoms with van der Waals surface area (Å²) in [4.78, 5) is 28.4. The van der Waals surface area contributed by atoms with Crippen molar-refractivity contribution in [1.82, 2.24) is 4.72 Å². The van der Waals surface area contributed by atoms with Crippen molar-refractivity contribution in [2.45, 2.75) is 270 Å². The predicted molar refractivity (Wildman–Crippen MR) is 409 cm³/mol. The maximum Gasteiger partial charge on any atom is 0.310 e. The largest absolute Gasteiger partial charge is 0.481 e. The third-order valence-corrected chi connectivity index (χ3v) is 34.1. The van der Waals surface area contributed by atoms with E-state index >= 15 is 0 Å². The van der Waals surface area contributed by atoms with Gasteiger partial charge in [-0.2, -0.15) is 0 Å². The lowest BCUT2D eigenvalue weighted by Crippen LogP contribution is -2.70. The number of hydrogen-bond donors (Lipinski definition) is 3. The number of benzene rings is 2. The van der Waals surface area contributed by atoms with Gasteiger partial charge in [-0.25, -0.2) is 13.1 Å². The maximum atomic E-state index is 14.8. The summed E-state index contributed by atoms with van der Waals surface area (Å²) in [6.45, 7) is 51.1. The number of carboxylic acid groups (broad SMARTS) is 1. The predicted octanol–water partition coefficient (Wildman–Crippen LogP) is 17.7. The molecule has 0 radical (unpaired) electrons. The van der Waals surface area contributed by atoms with Crippen LogP contribution in [0.3, 0.4) is 0 Å². The van der Waals surface area contributed by atoms with E-state index in [1.54, 1.807) is 24.8 Å². The molecule has 12 rings (SSSR count). The molecule has 4 N–H and O–H groups in total. The Bertz CT molecular complexity index is 3560. The fraction of sp³-hybridized carbons (Fsp3) is 0.795. The quantitative estimate of drug-likeness (QED) is 0.0890. The van der Waals surface area contributed by atoms with E-state index in [2.05, 4.69) is 155 Å². The zero-order chi connectivity index (χ0) is 75.6. The Balaban J connectivity index is 0.000000218. The number of ether oxygens (including phenoxy) is 7. The van der Waals surface area contributed by atoms with Gasteiger partial charge in [0.15, 0.2) is 0 Å². The van der Waals surface area contributed by atoms with Crippen molar-refractivity contribution in [3.63, 3.8) is 0 Å². The zero-order valence-electron chi connectivity index (χ0n) is 67.9. The Morgan fingerprint density at radius 2 is 1.05 bits per heavy atom. The highest BCUT2D eigenvalue weighted by molar-refractivity contribution is 7.89. The Morgan fingerprint density at radius 1 is 0.602 bits per heavy atom. The molecule has 0 spiro atoms. The van der Waals surface area contributed by atoms with Gasteiger partial charge in [0.1, 0.15) is 6.61 Å². The molecule has 15 heteroatoms. The molecular formula is C88H138N2O12S. The number of rotatable bonds is 19. The van der Waals surface area contributed by atoms with Crippen LogP contribution in [0.4, 0.5) is 0 Å². The lowest BCUT2D eigenvalue weighted by molar-refractivity contribution is -0.268. The second-order valence-corrected chi connectivity index (χ2v) is 42.0. The van der Waals surface area contributed by atoms with E-state index in [0.29, 0.717) is 73.8 Å². The second-order valence-electron chi connectivity index (χ2n) is 40.2. The van der Waals surface area contributed by atoms with Crippen molar-refractivity contribution in [3.8, 4) is 0 Å². The summed E-state index contributed by atoms with van der Waals surface area (Å²) in [5.74, 6) is 1.70. The lowest BCUT2D eigenvalue weighted by Gasteiger charge is -2.71. The molecule has 2 heterocycles. The van der Waals surface area contributed by atoms with Crippen LogP contribution in [0.15, 0.2) is 82.8 Å². The number of allylic oxidation sites excluding steroid dienone is 2. The fourth-order valence-electron chi connectivity index (χ4n) is 25.0. The normalized spacial score (nSPS) is 41.7. The van der Waals surface area contributed by atoms with E-state index in [1.807, 2.05) is 56.5 Å². The van der Waals surface area contributed by atoms with Gasteiger partial charge in [-0.15, -0.1) is 0 Å². The number of carboxylic acids is 1. The van der Waals surface area contributed by atoms with Crippen LogP contribution in [0.5, 0.6) is 0 Å². The van der Waals surface area contributed by atoms with Gasteiger partial charge in [0.2, 0.25) is 10.0 Å². The maximum absolute atomic E-state index is 14.8. The molecule has 2 aliphatic heterocycles. The summed E-state index contributed by atoms with van der Waals surface area (Å²) in [6.07, 6.45) is 16.2. The van der Waals surface area contributed by atoms with Gasteiger partial charge in [0.05, 0.1) is 86.8 Å². The van der Waals surface area contributed by atoms with Crippen molar-refractivity contribution in [3.05, 3.63) is 89.0 Å². The SMILES string of the molecule is CO[C@@H]1C[C@@]23COC[C@](C)([C@@H]2CC[C@H]2C3=CC[C@@]3(C)[C@H](C(=O)O)[C@@](C)([C@H](C)C(C)C)CC[C@]23C)[C@H]1OC[C@@H](N)C(C)(C)C.CO[C@@H]1C[C@@]23COC[C@](C)([C@@H]2CC[C@H]2C3=CC[C@@]3(C)[C@H](C(=O)OCc4ccccc4)[C@@](C)([C@H](C)C(C)C)CC[C@]23C)[C@H]1OC[C@H](NS(=O)(=O)c1ccc(C)cc1)C(C)(C)C. The summed E-state index contributed by atoms with van der Waals surface area (Å²) in [6, 6.07) is 16.5. The Morgan fingerprint density at radius 3 is 1.48 bits per heavy atom. The van der Waals surface area contributed by atoms with Crippen LogP contribution in [0.1, 0.15) is 227 Å². The fourth-order valence-corrected chi connectivity index (χ4v) is 26.5. The molecule has 8 aliphatic carbocycles. The Kier molecular flexibility index (Phi) is 22.2. The third kappa shape index (κ3) is 13.1. The number of fused-ring (bicyclic) bond motifs is 6. The van der Waals surface area contributed by atoms with E-state index in [-0.39, 0.29) is 126 Å². The van der Waals surface area contributed by atoms with Crippen molar-refractivity contribution < 1.29 is 56.3 Å². The smallest absolute Gasteiger partial charge is 0.310 e. The number of esters is 1. The molecule has 10 aliphatic rings. The zero-order valence-corrected chi connectivity index (χ0v) is 68.8. The molecular weight excluding hydrogens is 1310 g/mol. The van der Waals surface area contributed by atoms with Crippen molar-refractivity contribution in [1.29, 1.82) is 0 Å². The van der Waals surface area contributed by atoms with Crippen LogP contribution >= 0.6 is 0 Å². The molecule has 2 aromatic carbocycles. The summed E-state index contributed by atoms with van der Waals surface area (Å²) >= 11 is 0. The number of nitrogens with one attached hydrogen (secondary N) is 1. The highest BCUT2D eigenvalue weighted by atomic mass is 32.2. The number of carbonyl (C=O) groups excluding carboxylic acids is 1. The molecule has 6 saturated carbocycles. The minimum atomic E-state index is -3.78. The van der Waals surface area contributed by atoms with Crippen molar-refractivity contribution in [2.75, 3.05) is 53.9 Å². The van der Waals surface area contributed by atoms with Crippen LogP contribution in [0, 0.1) is 131 Å². The standard InChI is InChI=1S/C51H75NO7S.C37H63NO5/c1-33(2)35(4)47(8)26-27-49(10)38-22-23-41-48(9)31-57-32-51(41,39(38)24-25-50(49,11)43(47)45(53)59-29-36-16-14-13-15-17-36)28-40(56-12)44(48)58-30-42(46(5,6)7)52-60(54,55)37-20-18-34(3)19-21-37;1-22(2)23(3)33(7)16-17-35(9)24-12-13-27-34(8)20-42-21-37(27,25(24)14-15-36(35,10)29(33)31(39)40)18-26(41-11)30(34)43-19-28(38)32(4,5)6/h13-21,24,33,35,38,40-44,52H,22-23,25-32H2,1-12H3;14,22-24,26-30H,12-13,15-21,38H2,1-11H3,(H,39,40)/t35-,38+,40-,41+,42+,43-,44+,47-,48-,49-,50+,51+;23-,24+,26-,27+,28-,29-,30+,33-,34-,35-,36+,37+/m11/s1. The first kappa shape index (κ1) is 80.5. The topological polar surface area (TPSA) is 191 Å². The molecule has 4 bridgehead atoms. The molecule has 8 fully saturated rings. The van der Waals surface area contributed by atoms with Gasteiger partial charge in [0, 0.05) is 41.9 Å². The first-order valence-corrected chi connectivity index (χ1v) is 41.5. The van der Waals surface area contributed by atoms with Crippen molar-refractivity contribution in [2.24, 2.45) is 130 Å². The van der Waals surface area contributed by atoms with Gasteiger partial charge in [-0.3, -0.25) is 9.59 Å². The Hall–Kier alpha value is -3.51. The molecule has 0 aromatic heterocycles. The Labute approximate surface area is 622 Å². The number of aliphatic carboxylic acids is 1. The van der Waals surface area contributed by atoms with E-state index < -0.39 is 27.4 Å². The average molecular weight is 1450 g/mol. The molecule has 24 atom stereocenters. The van der Waals surface area contributed by atoms with Crippen LogP contribution in [-0.4, -0.2) is 116 Å². The summed E-state index contributed by atoms with van der Waals surface area (Å²) < 4.78 is 76.6. The van der Waals surface area contributed by atoms with Crippen molar-refractivity contribution >= 4 is 22.0 Å². The van der Waals surface area contributed by atoms with Crippen LogP contribution in [0.25, 0.3) is 0 Å². The number of hydrogen-bond acceptors (Lipinski definition) is 12. The molecule has 2 saturated heterocycles. The van der Waals surface area contributed by atoms with Crippen LogP contribution in [-0.2, 0) is 59.4 Å². The third-order valence-electron chi connectivity index (χ3n) is 32.6. The first-order valence-electron chi connectivity index (χ1n) is 40.0. The van der Waals surface area contributed by atoms with Gasteiger partial charge >= 0.3 is 11.9 Å². The molecule has 14 nitrogen and oxygen atoms in total. The monoisotopic (exact) mass is 1450 g/mol. The summed E-state index contributed by atoms with van der Waals surface area (Å²) in [5, 5.41) is 10.9. The van der Waals surface area contributed by atoms with Gasteiger partial charge in [0.25, 0.3) is 0 Å². The molecule has 0 unspecified atom stereocenters.